The first-order chi connectivity index (χ1) is 9.51. The summed E-state index contributed by atoms with van der Waals surface area (Å²) >= 11 is 0. The molecule has 4 heteroatoms. The highest BCUT2D eigenvalue weighted by Gasteiger charge is 2.69. The van der Waals surface area contributed by atoms with Crippen molar-refractivity contribution in [3.8, 4) is 5.75 Å². The van der Waals surface area contributed by atoms with Crippen LogP contribution in [0.5, 0.6) is 5.75 Å². The number of nitrogens with zero attached hydrogens (tertiary/aromatic N) is 1. The first-order valence-electron chi connectivity index (χ1n) is 7.15. The molecule has 106 valence electrons. The first kappa shape index (κ1) is 13.3. The van der Waals surface area contributed by atoms with Crippen molar-refractivity contribution in [2.24, 2.45) is 11.8 Å². The third kappa shape index (κ3) is 1.57. The number of hydrogen-bond acceptors (Lipinski definition) is 3. The maximum atomic E-state index is 12.5. The van der Waals surface area contributed by atoms with E-state index >= 15 is 0 Å². The molecule has 4 atom stereocenters. The molecule has 3 aliphatic heterocycles. The standard InChI is InChI=1S/C16H19NO3/c1-10(2)16(20)17-7-12(13(8-17)14(17)9-18)11-5-3-4-6-15(11)19/h3-6,9-10,12-14H,7-8H2,1-2H3/p+1/t12-,13+,14?,17?/m1/s1. The lowest BCUT2D eigenvalue weighted by atomic mass is 9.81. The Hall–Kier alpha value is -1.68. The number of carbonyl (C=O) groups is 2. The highest BCUT2D eigenvalue weighted by molar-refractivity contribution is 5.76. The van der Waals surface area contributed by atoms with Gasteiger partial charge in [-0.3, -0.25) is 9.28 Å². The molecule has 1 aromatic rings. The van der Waals surface area contributed by atoms with Crippen LogP contribution in [0, 0.1) is 11.8 Å². The van der Waals surface area contributed by atoms with Gasteiger partial charge < -0.3 is 5.11 Å². The summed E-state index contributed by atoms with van der Waals surface area (Å²) in [4.78, 5) is 23.9. The second-order valence-electron chi connectivity index (χ2n) is 6.35. The Morgan fingerprint density at radius 1 is 1.35 bits per heavy atom. The number of carbonyl (C=O) groups excluding carboxylic acids is 2. The summed E-state index contributed by atoms with van der Waals surface area (Å²) in [6.07, 6.45) is 0.939. The Kier molecular flexibility index (Phi) is 2.94. The van der Waals surface area contributed by atoms with E-state index in [1.807, 2.05) is 26.0 Å². The predicted molar refractivity (Wildman–Crippen MR) is 74.0 cm³/mol. The van der Waals surface area contributed by atoms with Crippen LogP contribution in [0.4, 0.5) is 0 Å². The largest absolute Gasteiger partial charge is 0.508 e. The number of quaternary nitrogens is 1. The molecule has 0 aliphatic carbocycles. The lowest BCUT2D eigenvalue weighted by Crippen LogP contribution is -2.68. The van der Waals surface area contributed by atoms with Gasteiger partial charge in [-0.1, -0.05) is 18.2 Å². The zero-order valence-corrected chi connectivity index (χ0v) is 11.8. The van der Waals surface area contributed by atoms with Crippen molar-refractivity contribution in [1.29, 1.82) is 0 Å². The van der Waals surface area contributed by atoms with E-state index in [0.717, 1.165) is 18.4 Å². The van der Waals surface area contributed by atoms with Gasteiger partial charge in [0.1, 0.15) is 5.75 Å². The van der Waals surface area contributed by atoms with Crippen LogP contribution in [-0.2, 0) is 9.59 Å². The molecular weight excluding hydrogens is 254 g/mol. The molecule has 3 saturated heterocycles. The Morgan fingerprint density at radius 3 is 2.65 bits per heavy atom. The average molecular weight is 274 g/mol. The molecule has 1 aromatic carbocycles. The summed E-state index contributed by atoms with van der Waals surface area (Å²) < 4.78 is 0.283. The Labute approximate surface area is 118 Å². The fourth-order valence-electron chi connectivity index (χ4n) is 4.07. The Balaban J connectivity index is 1.95. The van der Waals surface area contributed by atoms with Crippen molar-refractivity contribution in [3.05, 3.63) is 29.8 Å². The molecule has 1 N–H and O–H groups in total. The summed E-state index contributed by atoms with van der Waals surface area (Å²) in [7, 11) is 0. The molecular formula is C16H20NO3+. The molecule has 0 radical (unpaired) electrons. The van der Waals surface area contributed by atoms with E-state index in [0.29, 0.717) is 6.54 Å². The summed E-state index contributed by atoms with van der Waals surface area (Å²) in [5.41, 5.74) is 0.874. The minimum Gasteiger partial charge on any atom is -0.508 e. The maximum Gasteiger partial charge on any atom is 0.316 e. The molecule has 3 fully saturated rings. The molecule has 0 saturated carbocycles. The van der Waals surface area contributed by atoms with E-state index in [1.165, 1.54) is 0 Å². The van der Waals surface area contributed by atoms with Crippen LogP contribution in [-0.4, -0.2) is 40.9 Å². The predicted octanol–water partition coefficient (Wildman–Crippen LogP) is 1.69. The van der Waals surface area contributed by atoms with Gasteiger partial charge in [0.2, 0.25) is 0 Å². The summed E-state index contributed by atoms with van der Waals surface area (Å²) in [6.45, 7) is 5.15. The zero-order chi connectivity index (χ0) is 14.5. The number of phenolic OH excluding ortho intramolecular Hbond substituents is 1. The molecule has 3 aliphatic rings. The van der Waals surface area contributed by atoms with Crippen LogP contribution in [0.15, 0.2) is 24.3 Å². The van der Waals surface area contributed by atoms with Gasteiger partial charge >= 0.3 is 5.91 Å². The van der Waals surface area contributed by atoms with Gasteiger partial charge in [-0.15, -0.1) is 0 Å². The topological polar surface area (TPSA) is 54.4 Å². The molecule has 0 spiro atoms. The second kappa shape index (κ2) is 4.42. The fourth-order valence-corrected chi connectivity index (χ4v) is 4.07. The van der Waals surface area contributed by atoms with Crippen LogP contribution < -0.4 is 0 Å². The minimum atomic E-state index is -0.227. The number of fused-ring (bicyclic) bond motifs is 1. The van der Waals surface area contributed by atoms with Crippen LogP contribution in [0.1, 0.15) is 25.3 Å². The van der Waals surface area contributed by atoms with Gasteiger partial charge in [0.05, 0.1) is 30.8 Å². The highest BCUT2D eigenvalue weighted by atomic mass is 16.3. The van der Waals surface area contributed by atoms with E-state index in [-0.39, 0.29) is 39.9 Å². The lowest BCUT2D eigenvalue weighted by molar-refractivity contribution is -0.895. The number of rotatable bonds is 3. The fraction of sp³-hybridized carbons (Fsp3) is 0.500. The second-order valence-corrected chi connectivity index (χ2v) is 6.35. The van der Waals surface area contributed by atoms with Crippen molar-refractivity contribution in [2.75, 3.05) is 13.1 Å². The molecule has 2 bridgehead atoms. The van der Waals surface area contributed by atoms with E-state index in [1.54, 1.807) is 12.1 Å². The number of aromatic hydroxyl groups is 1. The molecule has 20 heavy (non-hydrogen) atoms. The number of amides is 1. The monoisotopic (exact) mass is 274 g/mol. The van der Waals surface area contributed by atoms with Gasteiger partial charge in [-0.25, -0.2) is 4.79 Å². The van der Waals surface area contributed by atoms with Crippen molar-refractivity contribution in [2.45, 2.75) is 25.8 Å². The SMILES string of the molecule is CC(C)C(=O)[N+]12C[C@H](c3ccccc3O)[C@H](C1)C2C=O. The maximum absolute atomic E-state index is 12.5. The molecule has 3 heterocycles. The van der Waals surface area contributed by atoms with Crippen LogP contribution >= 0.6 is 0 Å². The summed E-state index contributed by atoms with van der Waals surface area (Å²) in [6, 6.07) is 7.03. The van der Waals surface area contributed by atoms with Crippen molar-refractivity contribution < 1.29 is 19.2 Å². The van der Waals surface area contributed by atoms with Crippen molar-refractivity contribution in [3.63, 3.8) is 0 Å². The average Bonchev–Trinajstić information content (AvgIpc) is 2.93. The number of aldehydes is 1. The van der Waals surface area contributed by atoms with Crippen molar-refractivity contribution in [1.82, 2.24) is 0 Å². The number of para-hydroxylation sites is 1. The first-order valence-corrected chi connectivity index (χ1v) is 7.15. The van der Waals surface area contributed by atoms with Crippen molar-refractivity contribution >= 4 is 12.2 Å². The van der Waals surface area contributed by atoms with Gasteiger partial charge in [-0.05, 0) is 19.9 Å². The van der Waals surface area contributed by atoms with E-state index < -0.39 is 0 Å². The smallest absolute Gasteiger partial charge is 0.316 e. The minimum absolute atomic E-state index is 0.0680. The molecule has 1 amide bonds. The molecule has 4 nitrogen and oxygen atoms in total. The van der Waals surface area contributed by atoms with E-state index in [4.69, 9.17) is 0 Å². The third-order valence-electron chi connectivity index (χ3n) is 4.99. The normalized spacial score (nSPS) is 34.9. The molecule has 2 unspecified atom stereocenters. The lowest BCUT2D eigenvalue weighted by Gasteiger charge is -2.45. The Bertz CT molecular complexity index is 569. The van der Waals surface area contributed by atoms with Gasteiger partial charge in [0, 0.05) is 5.56 Å². The number of phenols is 1. The van der Waals surface area contributed by atoms with Gasteiger partial charge in [-0.2, -0.15) is 0 Å². The highest BCUT2D eigenvalue weighted by Crippen LogP contribution is 2.53. The summed E-state index contributed by atoms with van der Waals surface area (Å²) in [5, 5.41) is 10.0. The third-order valence-corrected chi connectivity index (χ3v) is 4.99. The zero-order valence-electron chi connectivity index (χ0n) is 11.8. The summed E-state index contributed by atoms with van der Waals surface area (Å²) in [5.74, 6) is 0.640. The molecule has 0 aromatic heterocycles. The van der Waals surface area contributed by atoms with E-state index in [9.17, 15) is 14.7 Å². The Morgan fingerprint density at radius 2 is 2.05 bits per heavy atom. The van der Waals surface area contributed by atoms with Gasteiger partial charge in [0.25, 0.3) is 0 Å². The van der Waals surface area contributed by atoms with Crippen LogP contribution in [0.2, 0.25) is 0 Å². The van der Waals surface area contributed by atoms with Gasteiger partial charge in [0.15, 0.2) is 12.3 Å². The number of hydrogen-bond donors (Lipinski definition) is 1. The number of benzene rings is 1. The molecule has 4 rings (SSSR count). The van der Waals surface area contributed by atoms with Crippen LogP contribution in [0.3, 0.4) is 0 Å². The van der Waals surface area contributed by atoms with Crippen LogP contribution in [0.25, 0.3) is 0 Å². The quantitative estimate of drug-likeness (QED) is 0.674. The van der Waals surface area contributed by atoms with E-state index in [2.05, 4.69) is 0 Å².